The first-order valence-corrected chi connectivity index (χ1v) is 7.56. The smallest absolute Gasteiger partial charge is 0.223 e. The van der Waals surface area contributed by atoms with Crippen LogP contribution in [0.25, 0.3) is 0 Å². The topological polar surface area (TPSA) is 23.6 Å². The van der Waals surface area contributed by atoms with Crippen LogP contribution in [0.15, 0.2) is 0 Å². The van der Waals surface area contributed by atoms with Crippen LogP contribution in [-0.4, -0.2) is 60.9 Å². The molecule has 0 rings (SSSR count). The number of carbonyl (C=O) groups is 1. The second kappa shape index (κ2) is 9.77. The maximum atomic E-state index is 12.0. The largest absolute Gasteiger partial charge is 0.346 e. The van der Waals surface area contributed by atoms with Crippen molar-refractivity contribution >= 4 is 17.7 Å². The van der Waals surface area contributed by atoms with Crippen LogP contribution in [0.3, 0.4) is 0 Å². The summed E-state index contributed by atoms with van der Waals surface area (Å²) in [6.07, 6.45) is 2.87. The minimum atomic E-state index is 0.280. The number of thioether (sulfide) groups is 1. The van der Waals surface area contributed by atoms with Gasteiger partial charge < -0.3 is 9.80 Å². The van der Waals surface area contributed by atoms with Gasteiger partial charge in [0.2, 0.25) is 5.91 Å². The third-order valence-corrected chi connectivity index (χ3v) is 3.94. The molecule has 4 heteroatoms. The van der Waals surface area contributed by atoms with Crippen molar-refractivity contribution in [1.29, 1.82) is 0 Å². The lowest BCUT2D eigenvalue weighted by molar-refractivity contribution is -0.129. The van der Waals surface area contributed by atoms with Crippen LogP contribution in [0.2, 0.25) is 0 Å². The fraction of sp³-hybridized carbons (Fsp3) is 0.923. The van der Waals surface area contributed by atoms with Gasteiger partial charge in [0.25, 0.3) is 0 Å². The van der Waals surface area contributed by atoms with E-state index >= 15 is 0 Å². The van der Waals surface area contributed by atoms with E-state index < -0.39 is 0 Å². The van der Waals surface area contributed by atoms with Crippen molar-refractivity contribution in [2.75, 3.05) is 40.0 Å². The lowest BCUT2D eigenvalue weighted by Crippen LogP contribution is -2.33. The number of hydrogen-bond acceptors (Lipinski definition) is 3. The second-order valence-electron chi connectivity index (χ2n) is 4.77. The fourth-order valence-corrected chi connectivity index (χ4v) is 2.91. The molecule has 0 saturated carbocycles. The zero-order valence-electron chi connectivity index (χ0n) is 12.0. The van der Waals surface area contributed by atoms with Crippen molar-refractivity contribution in [3.8, 4) is 0 Å². The van der Waals surface area contributed by atoms with E-state index in [9.17, 15) is 4.79 Å². The first kappa shape index (κ1) is 16.8. The molecule has 3 nitrogen and oxygen atoms in total. The van der Waals surface area contributed by atoms with Crippen molar-refractivity contribution < 1.29 is 4.79 Å². The predicted octanol–water partition coefficient (Wildman–Crippen LogP) is 2.32. The highest BCUT2D eigenvalue weighted by molar-refractivity contribution is 7.99. The predicted molar refractivity (Wildman–Crippen MR) is 77.6 cm³/mol. The summed E-state index contributed by atoms with van der Waals surface area (Å²) in [6, 6.07) is 0. The molecule has 0 bridgehead atoms. The van der Waals surface area contributed by atoms with Crippen LogP contribution in [-0.2, 0) is 4.79 Å². The summed E-state index contributed by atoms with van der Waals surface area (Å²) < 4.78 is 0. The van der Waals surface area contributed by atoms with E-state index in [0.29, 0.717) is 11.7 Å². The van der Waals surface area contributed by atoms with E-state index in [1.165, 1.54) is 6.42 Å². The normalized spacial score (nSPS) is 12.8. The second-order valence-corrected chi connectivity index (χ2v) is 6.18. The Balaban J connectivity index is 4.15. The summed E-state index contributed by atoms with van der Waals surface area (Å²) in [7, 11) is 6.04. The summed E-state index contributed by atoms with van der Waals surface area (Å²) >= 11 is 1.92. The molecule has 0 aliphatic carbocycles. The van der Waals surface area contributed by atoms with Gasteiger partial charge in [0, 0.05) is 31.8 Å². The molecule has 0 radical (unpaired) electrons. The Bertz CT molecular complexity index is 210. The molecule has 1 atom stereocenters. The molecular weight excluding hydrogens is 232 g/mol. The van der Waals surface area contributed by atoms with E-state index in [-0.39, 0.29) is 5.91 Å². The highest BCUT2D eigenvalue weighted by atomic mass is 32.2. The fourth-order valence-electron chi connectivity index (χ4n) is 1.68. The van der Waals surface area contributed by atoms with Crippen molar-refractivity contribution in [2.45, 2.75) is 38.4 Å². The molecule has 0 aliphatic rings. The molecule has 1 unspecified atom stereocenters. The van der Waals surface area contributed by atoms with Crippen LogP contribution in [0, 0.1) is 0 Å². The van der Waals surface area contributed by atoms with Gasteiger partial charge >= 0.3 is 0 Å². The molecule has 0 saturated heterocycles. The summed E-state index contributed by atoms with van der Waals surface area (Å²) in [5.74, 6) is 1.42. The molecule has 1 amide bonds. The Morgan fingerprint density at radius 3 is 2.29 bits per heavy atom. The molecular formula is C13H28N2OS. The Morgan fingerprint density at radius 2 is 1.82 bits per heavy atom. The van der Waals surface area contributed by atoms with Gasteiger partial charge in [-0.05, 0) is 32.7 Å². The molecule has 17 heavy (non-hydrogen) atoms. The zero-order chi connectivity index (χ0) is 13.3. The van der Waals surface area contributed by atoms with Crippen LogP contribution < -0.4 is 0 Å². The van der Waals surface area contributed by atoms with Crippen LogP contribution in [0.4, 0.5) is 0 Å². The third kappa shape index (κ3) is 8.50. The molecule has 102 valence electrons. The molecule has 0 aliphatic heterocycles. The van der Waals surface area contributed by atoms with Crippen LogP contribution in [0.1, 0.15) is 33.1 Å². The lowest BCUT2D eigenvalue weighted by atomic mass is 10.2. The maximum absolute atomic E-state index is 12.0. The Morgan fingerprint density at radius 1 is 1.18 bits per heavy atom. The molecule has 0 spiro atoms. The summed E-state index contributed by atoms with van der Waals surface area (Å²) in [5, 5.41) is 0.428. The third-order valence-electron chi connectivity index (χ3n) is 2.51. The number of rotatable bonds is 9. The molecule has 0 aromatic carbocycles. The van der Waals surface area contributed by atoms with Crippen LogP contribution in [0.5, 0.6) is 0 Å². The quantitative estimate of drug-likeness (QED) is 0.635. The standard InChI is InChI=1S/C13H28N2OS/c1-6-8-15(5)13(16)10-12(11-14(3)4)17-9-7-2/h12H,6-11H2,1-5H3. The first-order chi connectivity index (χ1) is 8.01. The molecule has 0 aromatic rings. The van der Waals surface area contributed by atoms with Gasteiger partial charge in [-0.15, -0.1) is 0 Å². The van der Waals surface area contributed by atoms with Gasteiger partial charge in [0.15, 0.2) is 0 Å². The minimum Gasteiger partial charge on any atom is -0.346 e. The number of carbonyl (C=O) groups excluding carboxylic acids is 1. The summed E-state index contributed by atoms with van der Waals surface area (Å²) in [6.45, 7) is 6.14. The average Bonchev–Trinajstić information content (AvgIpc) is 2.25. The maximum Gasteiger partial charge on any atom is 0.223 e. The van der Waals surface area contributed by atoms with Gasteiger partial charge in [0.1, 0.15) is 0 Å². The average molecular weight is 260 g/mol. The number of nitrogens with zero attached hydrogens (tertiary/aromatic N) is 2. The highest BCUT2D eigenvalue weighted by Gasteiger charge is 2.17. The van der Waals surface area contributed by atoms with Gasteiger partial charge in [-0.1, -0.05) is 13.8 Å². The summed E-state index contributed by atoms with van der Waals surface area (Å²) in [4.78, 5) is 16.0. The van der Waals surface area contributed by atoms with Crippen LogP contribution >= 0.6 is 11.8 Å². The Kier molecular flexibility index (Phi) is 9.65. The zero-order valence-corrected chi connectivity index (χ0v) is 12.8. The van der Waals surface area contributed by atoms with E-state index in [2.05, 4.69) is 32.8 Å². The minimum absolute atomic E-state index is 0.280. The Hall–Kier alpha value is -0.220. The lowest BCUT2D eigenvalue weighted by Gasteiger charge is -2.23. The SMILES string of the molecule is CCCSC(CC(=O)N(C)CCC)CN(C)C. The molecule has 0 aromatic heterocycles. The number of hydrogen-bond donors (Lipinski definition) is 0. The van der Waals surface area contributed by atoms with Gasteiger partial charge in [-0.3, -0.25) is 4.79 Å². The van der Waals surface area contributed by atoms with Gasteiger partial charge in [-0.25, -0.2) is 0 Å². The van der Waals surface area contributed by atoms with E-state index in [4.69, 9.17) is 0 Å². The number of amides is 1. The van der Waals surface area contributed by atoms with Gasteiger partial charge in [0.05, 0.1) is 0 Å². The van der Waals surface area contributed by atoms with Crippen molar-refractivity contribution in [3.63, 3.8) is 0 Å². The molecule has 0 N–H and O–H groups in total. The first-order valence-electron chi connectivity index (χ1n) is 6.51. The van der Waals surface area contributed by atoms with Gasteiger partial charge in [-0.2, -0.15) is 11.8 Å². The molecule has 0 fully saturated rings. The monoisotopic (exact) mass is 260 g/mol. The van der Waals surface area contributed by atoms with Crippen molar-refractivity contribution in [2.24, 2.45) is 0 Å². The summed E-state index contributed by atoms with van der Waals surface area (Å²) in [5.41, 5.74) is 0. The molecule has 0 heterocycles. The highest BCUT2D eigenvalue weighted by Crippen LogP contribution is 2.17. The van der Waals surface area contributed by atoms with E-state index in [1.807, 2.05) is 23.7 Å². The van der Waals surface area contributed by atoms with Crippen molar-refractivity contribution in [3.05, 3.63) is 0 Å². The Labute approximate surface area is 111 Å². The van der Waals surface area contributed by atoms with Crippen molar-refractivity contribution in [1.82, 2.24) is 9.80 Å². The van der Waals surface area contributed by atoms with E-state index in [0.717, 1.165) is 25.3 Å². The van der Waals surface area contributed by atoms with E-state index in [1.54, 1.807) is 0 Å².